The first-order valence-corrected chi connectivity index (χ1v) is 10.3. The number of aromatic amines is 1. The fourth-order valence-electron chi connectivity index (χ4n) is 3.97. The molecule has 3 aromatic rings. The Hall–Kier alpha value is -3.14. The molecule has 7 nitrogen and oxygen atoms in total. The summed E-state index contributed by atoms with van der Waals surface area (Å²) in [4.78, 5) is 26.9. The number of imidazole rings is 1. The van der Waals surface area contributed by atoms with Crippen molar-refractivity contribution in [3.05, 3.63) is 41.7 Å². The van der Waals surface area contributed by atoms with Crippen LogP contribution in [0.2, 0.25) is 0 Å². The average Bonchev–Trinajstić information content (AvgIpc) is 3.30. The molecule has 1 amide bonds. The van der Waals surface area contributed by atoms with Gasteiger partial charge in [0, 0.05) is 31.0 Å². The molecule has 0 aliphatic carbocycles. The first-order valence-electron chi connectivity index (χ1n) is 10.3. The lowest BCUT2D eigenvalue weighted by atomic mass is 10.0. The largest absolute Gasteiger partial charge is 0.408 e. The number of carbonyl (C=O) groups is 1. The van der Waals surface area contributed by atoms with Crippen LogP contribution in [-0.4, -0.2) is 51.7 Å². The van der Waals surface area contributed by atoms with Crippen molar-refractivity contribution in [2.45, 2.75) is 44.9 Å². The Bertz CT molecular complexity index is 1170. The second kappa shape index (κ2) is 7.77. The van der Waals surface area contributed by atoms with Gasteiger partial charge in [-0.15, -0.1) is 0 Å². The Labute approximate surface area is 183 Å². The Morgan fingerprint density at radius 1 is 1.34 bits per heavy atom. The fraction of sp³-hybridized carbons (Fsp3) is 0.409. The lowest BCUT2D eigenvalue weighted by Gasteiger charge is -2.26. The predicted octanol–water partition coefficient (Wildman–Crippen LogP) is 3.54. The smallest absolute Gasteiger partial charge is 0.368 e. The Morgan fingerprint density at radius 3 is 2.72 bits per heavy atom. The maximum absolute atomic E-state index is 13.1. The number of hydrogen-bond donors (Lipinski definition) is 3. The number of fused-ring (bicyclic) bond motifs is 1. The van der Waals surface area contributed by atoms with Crippen LogP contribution in [0.5, 0.6) is 0 Å². The van der Waals surface area contributed by atoms with Gasteiger partial charge in [0.1, 0.15) is 11.9 Å². The van der Waals surface area contributed by atoms with Gasteiger partial charge in [0.25, 0.3) is 5.91 Å². The second-order valence-electron chi connectivity index (χ2n) is 8.70. The van der Waals surface area contributed by atoms with E-state index in [-0.39, 0.29) is 5.56 Å². The molecule has 0 saturated carbocycles. The van der Waals surface area contributed by atoms with E-state index in [1.807, 2.05) is 42.3 Å². The zero-order chi connectivity index (χ0) is 23.3. The van der Waals surface area contributed by atoms with Crippen LogP contribution in [0.25, 0.3) is 22.4 Å². The van der Waals surface area contributed by atoms with Crippen LogP contribution in [0.4, 0.5) is 18.9 Å². The third-order valence-electron chi connectivity index (χ3n) is 5.79. The number of H-pyrrole nitrogens is 1. The molecule has 1 aromatic carbocycles. The van der Waals surface area contributed by atoms with Crippen molar-refractivity contribution in [2.75, 3.05) is 18.0 Å². The van der Waals surface area contributed by atoms with Crippen LogP contribution in [0.1, 0.15) is 36.2 Å². The number of aromatic nitrogens is 3. The third kappa shape index (κ3) is 4.14. The van der Waals surface area contributed by atoms with Crippen LogP contribution in [0.15, 0.2) is 30.6 Å². The molecule has 0 bridgehead atoms. The van der Waals surface area contributed by atoms with Crippen LogP contribution in [0, 0.1) is 6.92 Å². The van der Waals surface area contributed by atoms with Gasteiger partial charge in [0.15, 0.2) is 0 Å². The van der Waals surface area contributed by atoms with Crippen molar-refractivity contribution in [3.63, 3.8) is 0 Å². The lowest BCUT2D eigenvalue weighted by Crippen LogP contribution is -2.44. The van der Waals surface area contributed by atoms with Crippen molar-refractivity contribution in [3.8, 4) is 11.4 Å². The summed E-state index contributed by atoms with van der Waals surface area (Å²) in [7, 11) is 0. The van der Waals surface area contributed by atoms with E-state index < -0.39 is 23.7 Å². The molecule has 1 aliphatic rings. The van der Waals surface area contributed by atoms with Gasteiger partial charge in [0.05, 0.1) is 27.8 Å². The van der Waals surface area contributed by atoms with Crippen molar-refractivity contribution in [2.24, 2.45) is 5.73 Å². The summed E-state index contributed by atoms with van der Waals surface area (Å²) in [5, 5.41) is 2.04. The maximum Gasteiger partial charge on any atom is 0.408 e. The van der Waals surface area contributed by atoms with E-state index in [0.717, 1.165) is 23.5 Å². The average molecular weight is 446 g/mol. The molecule has 1 unspecified atom stereocenters. The van der Waals surface area contributed by atoms with Crippen LogP contribution in [0.3, 0.4) is 0 Å². The number of carbonyl (C=O) groups excluding carboxylic acids is 1. The SMILES string of the molecule is Cc1cccc2[nH]c(-c3cncc(C(=O)N[C@@H](C)C(F)(F)F)c3N3CCC(C)(N)C3)nc12. The van der Waals surface area contributed by atoms with Crippen LogP contribution < -0.4 is 16.0 Å². The van der Waals surface area contributed by atoms with Gasteiger partial charge < -0.3 is 20.9 Å². The van der Waals surface area contributed by atoms with Gasteiger partial charge in [-0.3, -0.25) is 9.78 Å². The van der Waals surface area contributed by atoms with E-state index in [4.69, 9.17) is 5.73 Å². The molecule has 4 N–H and O–H groups in total. The van der Waals surface area contributed by atoms with E-state index in [9.17, 15) is 18.0 Å². The first kappa shape index (κ1) is 22.1. The second-order valence-corrected chi connectivity index (χ2v) is 8.70. The minimum absolute atomic E-state index is 0.0495. The van der Waals surface area contributed by atoms with Gasteiger partial charge in [-0.05, 0) is 38.8 Å². The molecule has 1 saturated heterocycles. The number of nitrogens with one attached hydrogen (secondary N) is 2. The lowest BCUT2D eigenvalue weighted by molar-refractivity contribution is -0.149. The van der Waals surface area contributed by atoms with Gasteiger partial charge >= 0.3 is 6.18 Å². The summed E-state index contributed by atoms with van der Waals surface area (Å²) in [6.07, 6.45) is -1.02. The van der Waals surface area contributed by atoms with E-state index in [1.54, 1.807) is 6.20 Å². The first-order chi connectivity index (χ1) is 15.0. The quantitative estimate of drug-likeness (QED) is 0.569. The molecule has 10 heteroatoms. The number of amides is 1. The molecule has 3 heterocycles. The molecule has 32 heavy (non-hydrogen) atoms. The highest BCUT2D eigenvalue weighted by atomic mass is 19.4. The van der Waals surface area contributed by atoms with E-state index >= 15 is 0 Å². The number of alkyl halides is 3. The molecule has 4 rings (SSSR count). The molecule has 2 atom stereocenters. The Kier molecular flexibility index (Phi) is 5.36. The third-order valence-corrected chi connectivity index (χ3v) is 5.79. The molecular weight excluding hydrogens is 421 g/mol. The monoisotopic (exact) mass is 446 g/mol. The van der Waals surface area contributed by atoms with Gasteiger partial charge in [-0.2, -0.15) is 13.2 Å². The number of halogens is 3. The van der Waals surface area contributed by atoms with Crippen LogP contribution in [-0.2, 0) is 0 Å². The van der Waals surface area contributed by atoms with Crippen molar-refractivity contribution < 1.29 is 18.0 Å². The molecule has 1 fully saturated rings. The summed E-state index contributed by atoms with van der Waals surface area (Å²) < 4.78 is 39.2. The van der Waals surface area contributed by atoms with E-state index in [0.29, 0.717) is 36.6 Å². The Morgan fingerprint density at radius 2 is 2.09 bits per heavy atom. The number of aryl methyl sites for hydroxylation is 1. The number of hydrogen-bond acceptors (Lipinski definition) is 5. The van der Waals surface area contributed by atoms with Crippen molar-refractivity contribution in [1.29, 1.82) is 0 Å². The highest BCUT2D eigenvalue weighted by Gasteiger charge is 2.39. The molecular formula is C22H25F3N6O. The molecule has 0 spiro atoms. The highest BCUT2D eigenvalue weighted by Crippen LogP contribution is 2.37. The maximum atomic E-state index is 13.1. The number of pyridine rings is 1. The van der Waals surface area contributed by atoms with Gasteiger partial charge in [-0.25, -0.2) is 4.98 Å². The Balaban J connectivity index is 1.84. The summed E-state index contributed by atoms with van der Waals surface area (Å²) in [6.45, 7) is 5.75. The topological polar surface area (TPSA) is 99.9 Å². The van der Waals surface area contributed by atoms with E-state index in [1.165, 1.54) is 6.20 Å². The number of rotatable bonds is 4. The predicted molar refractivity (Wildman–Crippen MR) is 116 cm³/mol. The molecule has 0 radical (unpaired) electrons. The minimum atomic E-state index is -4.55. The highest BCUT2D eigenvalue weighted by molar-refractivity contribution is 6.03. The fourth-order valence-corrected chi connectivity index (χ4v) is 3.97. The van der Waals surface area contributed by atoms with E-state index in [2.05, 4.69) is 15.0 Å². The van der Waals surface area contributed by atoms with Crippen molar-refractivity contribution in [1.82, 2.24) is 20.3 Å². The zero-order valence-electron chi connectivity index (χ0n) is 18.0. The summed E-state index contributed by atoms with van der Waals surface area (Å²) >= 11 is 0. The van der Waals surface area contributed by atoms with Gasteiger partial charge in [-0.1, -0.05) is 12.1 Å². The van der Waals surface area contributed by atoms with Crippen molar-refractivity contribution >= 4 is 22.6 Å². The zero-order valence-corrected chi connectivity index (χ0v) is 18.0. The number of para-hydroxylation sites is 1. The normalized spacial score (nSPS) is 20.0. The minimum Gasteiger partial charge on any atom is -0.368 e. The number of nitrogens with zero attached hydrogens (tertiary/aromatic N) is 3. The summed E-state index contributed by atoms with van der Waals surface area (Å²) in [6, 6.07) is 3.73. The number of benzene rings is 1. The molecule has 1 aliphatic heterocycles. The molecule has 170 valence electrons. The standard InChI is InChI=1S/C22H25F3N6O/c1-12-5-4-6-16-17(12)30-19(29-16)14-9-27-10-15(20(32)28-13(2)22(23,24)25)18(14)31-8-7-21(3,26)11-31/h4-6,9-10,13H,7-8,11,26H2,1-3H3,(H,28,32)(H,29,30)/t13-,21?/m0/s1. The summed E-state index contributed by atoms with van der Waals surface area (Å²) in [5.74, 6) is -0.363. The van der Waals surface area contributed by atoms with Gasteiger partial charge in [0.2, 0.25) is 0 Å². The number of anilines is 1. The molecule has 2 aromatic heterocycles. The summed E-state index contributed by atoms with van der Waals surface area (Å²) in [5.41, 5.74) is 9.44. The number of nitrogens with two attached hydrogens (primary N) is 1. The van der Waals surface area contributed by atoms with Crippen LogP contribution >= 0.6 is 0 Å².